The Kier molecular flexibility index (Phi) is 5.17. The van der Waals surface area contributed by atoms with E-state index >= 15 is 0 Å². The summed E-state index contributed by atoms with van der Waals surface area (Å²) in [5.74, 6) is 0. The van der Waals surface area contributed by atoms with Gasteiger partial charge in [0.15, 0.2) is 0 Å². The van der Waals surface area contributed by atoms with E-state index < -0.39 is 0 Å². The summed E-state index contributed by atoms with van der Waals surface area (Å²) in [6.45, 7) is 6.53. The van der Waals surface area contributed by atoms with Gasteiger partial charge in [-0.15, -0.1) is 0 Å². The average Bonchev–Trinajstić information content (AvgIpc) is 2.21. The van der Waals surface area contributed by atoms with Crippen LogP contribution in [0.25, 0.3) is 0 Å². The molecule has 15 heavy (non-hydrogen) atoms. The van der Waals surface area contributed by atoms with E-state index in [1.54, 1.807) is 0 Å². The summed E-state index contributed by atoms with van der Waals surface area (Å²) in [6.07, 6.45) is 10.7. The maximum absolute atomic E-state index is 3.42. The van der Waals surface area contributed by atoms with Crippen LogP contribution < -0.4 is 0 Å². The lowest BCUT2D eigenvalue weighted by Crippen LogP contribution is -1.86. The Morgan fingerprint density at radius 3 is 2.40 bits per heavy atom. The van der Waals surface area contributed by atoms with E-state index in [1.165, 1.54) is 36.0 Å². The quantitative estimate of drug-likeness (QED) is 0.611. The Morgan fingerprint density at radius 2 is 1.80 bits per heavy atom. The standard InChI is InChI=1S/C15H21/c1-4-5-6-7-8-12-15-13(2)10-9-11-14(15)3/h8-11H,4-7H2,1-3H3. The Hall–Kier alpha value is -1.04. The van der Waals surface area contributed by atoms with E-state index in [1.807, 2.05) is 0 Å². The van der Waals surface area contributed by atoms with Gasteiger partial charge in [-0.3, -0.25) is 0 Å². The van der Waals surface area contributed by atoms with Gasteiger partial charge < -0.3 is 0 Å². The fraction of sp³-hybridized carbons (Fsp3) is 0.467. The monoisotopic (exact) mass is 201 g/mol. The second kappa shape index (κ2) is 6.44. The van der Waals surface area contributed by atoms with Crippen LogP contribution in [-0.4, -0.2) is 0 Å². The minimum absolute atomic E-state index is 1.15. The molecule has 0 aliphatic rings. The molecule has 0 spiro atoms. The van der Waals surface area contributed by atoms with Crippen molar-refractivity contribution in [3.05, 3.63) is 47.0 Å². The van der Waals surface area contributed by atoms with E-state index in [-0.39, 0.29) is 0 Å². The van der Waals surface area contributed by atoms with E-state index in [4.69, 9.17) is 0 Å². The highest BCUT2D eigenvalue weighted by molar-refractivity contribution is 5.38. The van der Waals surface area contributed by atoms with Crippen LogP contribution in [0, 0.1) is 19.9 Å². The predicted molar refractivity (Wildman–Crippen MR) is 67.0 cm³/mol. The first-order valence-electron chi connectivity index (χ1n) is 5.90. The van der Waals surface area contributed by atoms with Crippen molar-refractivity contribution in [3.8, 4) is 0 Å². The van der Waals surface area contributed by atoms with Crippen LogP contribution in [0.4, 0.5) is 0 Å². The maximum atomic E-state index is 3.42. The van der Waals surface area contributed by atoms with Crippen LogP contribution in [0.2, 0.25) is 0 Å². The smallest absolute Gasteiger partial charge is 0.0123 e. The van der Waals surface area contributed by atoms with Crippen LogP contribution in [-0.2, 0) is 0 Å². The second-order valence-corrected chi connectivity index (χ2v) is 4.11. The van der Waals surface area contributed by atoms with Crippen LogP contribution in [0.3, 0.4) is 0 Å². The zero-order valence-corrected chi connectivity index (χ0v) is 10.1. The molecular weight excluding hydrogens is 180 g/mol. The lowest BCUT2D eigenvalue weighted by molar-refractivity contribution is 0.728. The largest absolute Gasteiger partial charge is 0.0760 e. The molecular formula is C15H21. The van der Waals surface area contributed by atoms with Gasteiger partial charge in [-0.2, -0.15) is 0 Å². The number of hydrogen-bond acceptors (Lipinski definition) is 0. The molecule has 0 nitrogen and oxygen atoms in total. The molecule has 1 aromatic rings. The van der Waals surface area contributed by atoms with Crippen molar-refractivity contribution in [3.63, 3.8) is 0 Å². The molecule has 0 aliphatic carbocycles. The Balaban J connectivity index is 2.56. The molecule has 0 unspecified atom stereocenters. The summed E-state index contributed by atoms with van der Waals surface area (Å²) >= 11 is 0. The maximum Gasteiger partial charge on any atom is -0.0123 e. The topological polar surface area (TPSA) is 0 Å². The fourth-order valence-electron chi connectivity index (χ4n) is 1.71. The molecule has 0 fully saturated rings. The predicted octanol–water partition coefficient (Wildman–Crippen LogP) is 4.59. The molecule has 0 bridgehead atoms. The van der Waals surface area contributed by atoms with Gasteiger partial charge in [-0.05, 0) is 49.5 Å². The van der Waals surface area contributed by atoms with Crippen molar-refractivity contribution < 1.29 is 0 Å². The molecule has 0 amide bonds. The molecule has 0 heterocycles. The first-order chi connectivity index (χ1) is 7.25. The first-order valence-corrected chi connectivity index (χ1v) is 5.90. The molecule has 81 valence electrons. The van der Waals surface area contributed by atoms with Crippen molar-refractivity contribution in [1.29, 1.82) is 0 Å². The van der Waals surface area contributed by atoms with E-state index in [9.17, 15) is 0 Å². The van der Waals surface area contributed by atoms with Crippen molar-refractivity contribution in [2.24, 2.45) is 0 Å². The lowest BCUT2D eigenvalue weighted by Gasteiger charge is -2.03. The van der Waals surface area contributed by atoms with Crippen LogP contribution in [0.5, 0.6) is 0 Å². The number of aryl methyl sites for hydroxylation is 2. The summed E-state index contributed by atoms with van der Waals surface area (Å²) in [6, 6.07) is 6.40. The van der Waals surface area contributed by atoms with Crippen LogP contribution in [0.1, 0.15) is 49.3 Å². The van der Waals surface area contributed by atoms with Gasteiger partial charge in [0.2, 0.25) is 0 Å². The molecule has 0 N–H and O–H groups in total. The van der Waals surface area contributed by atoms with E-state index in [0.29, 0.717) is 0 Å². The number of rotatable bonds is 5. The molecule has 1 aromatic carbocycles. The van der Waals surface area contributed by atoms with Gasteiger partial charge in [0.25, 0.3) is 0 Å². The molecule has 0 aromatic heterocycles. The summed E-state index contributed by atoms with van der Waals surface area (Å²) < 4.78 is 0. The third kappa shape index (κ3) is 3.91. The van der Waals surface area contributed by atoms with Crippen LogP contribution in [0.15, 0.2) is 24.3 Å². The highest BCUT2D eigenvalue weighted by atomic mass is 14.0. The lowest BCUT2D eigenvalue weighted by atomic mass is 10.0. The SMILES string of the molecule is CCCCC/C=[C]\c1c(C)cccc1C. The minimum Gasteiger partial charge on any atom is -0.0760 e. The van der Waals surface area contributed by atoms with Gasteiger partial charge in [-0.25, -0.2) is 0 Å². The van der Waals surface area contributed by atoms with Gasteiger partial charge in [-0.1, -0.05) is 44.0 Å². The van der Waals surface area contributed by atoms with E-state index in [2.05, 4.69) is 51.1 Å². The molecule has 1 radical (unpaired) electrons. The average molecular weight is 201 g/mol. The summed E-state index contributed by atoms with van der Waals surface area (Å²) in [5, 5.41) is 0. The normalized spacial score (nSPS) is 11.1. The molecule has 0 atom stereocenters. The van der Waals surface area contributed by atoms with Crippen molar-refractivity contribution >= 4 is 0 Å². The second-order valence-electron chi connectivity index (χ2n) is 4.11. The zero-order chi connectivity index (χ0) is 11.1. The summed E-state index contributed by atoms with van der Waals surface area (Å²) in [7, 11) is 0. The van der Waals surface area contributed by atoms with Crippen molar-refractivity contribution in [2.75, 3.05) is 0 Å². The molecule has 0 saturated heterocycles. The number of hydrogen-bond donors (Lipinski definition) is 0. The Bertz CT molecular complexity index is 301. The molecule has 1 rings (SSSR count). The highest BCUT2D eigenvalue weighted by Crippen LogP contribution is 2.13. The number of unbranched alkanes of at least 4 members (excludes halogenated alkanes) is 3. The number of allylic oxidation sites excluding steroid dienone is 1. The van der Waals surface area contributed by atoms with Gasteiger partial charge in [0.1, 0.15) is 0 Å². The van der Waals surface area contributed by atoms with Gasteiger partial charge >= 0.3 is 0 Å². The zero-order valence-electron chi connectivity index (χ0n) is 10.1. The van der Waals surface area contributed by atoms with Crippen molar-refractivity contribution in [2.45, 2.75) is 46.5 Å². The third-order valence-corrected chi connectivity index (χ3v) is 2.68. The molecule has 0 aliphatic heterocycles. The highest BCUT2D eigenvalue weighted by Gasteiger charge is 1.96. The van der Waals surface area contributed by atoms with Gasteiger partial charge in [0, 0.05) is 0 Å². The summed E-state index contributed by atoms with van der Waals surface area (Å²) in [5.41, 5.74) is 3.91. The first kappa shape index (κ1) is 12.0. The third-order valence-electron chi connectivity index (χ3n) is 2.68. The van der Waals surface area contributed by atoms with Crippen molar-refractivity contribution in [1.82, 2.24) is 0 Å². The fourth-order valence-corrected chi connectivity index (χ4v) is 1.71. The van der Waals surface area contributed by atoms with E-state index in [0.717, 1.165) is 6.42 Å². The molecule has 0 saturated carbocycles. The summed E-state index contributed by atoms with van der Waals surface area (Å²) in [4.78, 5) is 0. The number of benzene rings is 1. The van der Waals surface area contributed by atoms with Gasteiger partial charge in [0.05, 0.1) is 0 Å². The van der Waals surface area contributed by atoms with Crippen LogP contribution >= 0.6 is 0 Å². The minimum atomic E-state index is 1.15. The Morgan fingerprint density at radius 1 is 1.13 bits per heavy atom. The Labute approximate surface area is 94.0 Å². The molecule has 0 heteroatoms.